The molecule has 1 aromatic heterocycles. The Bertz CT molecular complexity index is 525. The molecule has 3 N–H and O–H groups in total. The van der Waals surface area contributed by atoms with Crippen molar-refractivity contribution in [2.24, 2.45) is 5.84 Å². The molecule has 0 bridgehead atoms. The van der Waals surface area contributed by atoms with Crippen molar-refractivity contribution in [1.82, 2.24) is 9.97 Å². The molecular formula is C12H13IN4O. The molecule has 94 valence electrons. The normalized spacial score (nSPS) is 10.2. The Labute approximate surface area is 119 Å². The van der Waals surface area contributed by atoms with Crippen molar-refractivity contribution in [1.29, 1.82) is 0 Å². The van der Waals surface area contributed by atoms with E-state index in [1.807, 2.05) is 31.2 Å². The van der Waals surface area contributed by atoms with E-state index >= 15 is 0 Å². The number of nitrogens with one attached hydrogen (secondary N) is 1. The summed E-state index contributed by atoms with van der Waals surface area (Å²) < 4.78 is 6.76. The van der Waals surface area contributed by atoms with Crippen LogP contribution in [0.3, 0.4) is 0 Å². The number of hydrogen-bond acceptors (Lipinski definition) is 5. The lowest BCUT2D eigenvalue weighted by atomic mass is 10.3. The van der Waals surface area contributed by atoms with Gasteiger partial charge in [-0.25, -0.2) is 10.8 Å². The predicted octanol–water partition coefficient (Wildman–Crippen LogP) is 2.72. The maximum Gasteiger partial charge on any atom is 0.224 e. The van der Waals surface area contributed by atoms with E-state index in [1.165, 1.54) is 0 Å². The van der Waals surface area contributed by atoms with Gasteiger partial charge in [0, 0.05) is 12.5 Å². The van der Waals surface area contributed by atoms with Crippen LogP contribution in [0.1, 0.15) is 12.7 Å². The summed E-state index contributed by atoms with van der Waals surface area (Å²) in [5, 5.41) is 0. The van der Waals surface area contributed by atoms with Gasteiger partial charge < -0.3 is 10.2 Å². The maximum absolute atomic E-state index is 5.74. The molecule has 0 atom stereocenters. The average molecular weight is 356 g/mol. The summed E-state index contributed by atoms with van der Waals surface area (Å²) in [4.78, 5) is 8.51. The fraction of sp³-hybridized carbons (Fsp3) is 0.167. The summed E-state index contributed by atoms with van der Waals surface area (Å²) >= 11 is 2.21. The molecule has 0 aliphatic rings. The minimum atomic E-state index is 0.485. The molecule has 0 fully saturated rings. The summed E-state index contributed by atoms with van der Waals surface area (Å²) in [5.74, 6) is 7.85. The smallest absolute Gasteiger partial charge is 0.224 e. The minimum absolute atomic E-state index is 0.485. The number of ether oxygens (including phenoxy) is 1. The van der Waals surface area contributed by atoms with Crippen molar-refractivity contribution in [2.45, 2.75) is 13.3 Å². The van der Waals surface area contributed by atoms with Crippen LogP contribution in [0.25, 0.3) is 0 Å². The van der Waals surface area contributed by atoms with Crippen LogP contribution in [0.5, 0.6) is 11.6 Å². The van der Waals surface area contributed by atoms with Crippen molar-refractivity contribution in [3.63, 3.8) is 0 Å². The Morgan fingerprint density at radius 1 is 1.33 bits per heavy atom. The van der Waals surface area contributed by atoms with Crippen LogP contribution in [0.2, 0.25) is 0 Å². The first-order valence-corrected chi connectivity index (χ1v) is 6.57. The fourth-order valence-corrected chi connectivity index (χ4v) is 1.89. The Kier molecular flexibility index (Phi) is 4.32. The first-order valence-electron chi connectivity index (χ1n) is 5.50. The molecular weight excluding hydrogens is 343 g/mol. The van der Waals surface area contributed by atoms with Gasteiger partial charge in [0.05, 0.1) is 3.57 Å². The van der Waals surface area contributed by atoms with Crippen molar-refractivity contribution < 1.29 is 4.74 Å². The molecule has 1 aromatic carbocycles. The monoisotopic (exact) mass is 356 g/mol. The van der Waals surface area contributed by atoms with E-state index in [9.17, 15) is 0 Å². The van der Waals surface area contributed by atoms with Gasteiger partial charge in [-0.15, -0.1) is 0 Å². The third-order valence-electron chi connectivity index (χ3n) is 2.26. The average Bonchev–Trinajstić information content (AvgIpc) is 2.41. The highest BCUT2D eigenvalue weighted by molar-refractivity contribution is 14.1. The first-order chi connectivity index (χ1) is 8.72. The van der Waals surface area contributed by atoms with Gasteiger partial charge in [0.2, 0.25) is 5.88 Å². The Hall–Kier alpha value is -1.41. The second kappa shape index (κ2) is 5.96. The molecule has 0 amide bonds. The molecule has 0 aliphatic heterocycles. The topological polar surface area (TPSA) is 73.1 Å². The van der Waals surface area contributed by atoms with E-state index in [4.69, 9.17) is 10.6 Å². The summed E-state index contributed by atoms with van der Waals surface area (Å²) in [6.07, 6.45) is 0.720. The van der Waals surface area contributed by atoms with Crippen molar-refractivity contribution in [3.05, 3.63) is 39.7 Å². The van der Waals surface area contributed by atoms with Crippen LogP contribution < -0.4 is 16.0 Å². The molecule has 0 saturated heterocycles. The van der Waals surface area contributed by atoms with Gasteiger partial charge in [-0.1, -0.05) is 19.1 Å². The Morgan fingerprint density at radius 2 is 2.11 bits per heavy atom. The molecule has 0 aliphatic carbocycles. The number of nitrogens with zero attached hydrogens (tertiary/aromatic N) is 2. The molecule has 6 heteroatoms. The Morgan fingerprint density at radius 3 is 2.78 bits per heavy atom. The lowest BCUT2D eigenvalue weighted by molar-refractivity contribution is 0.456. The largest absolute Gasteiger partial charge is 0.438 e. The number of aromatic nitrogens is 2. The molecule has 1 heterocycles. The van der Waals surface area contributed by atoms with Crippen LogP contribution in [0.4, 0.5) is 5.82 Å². The molecule has 0 unspecified atom stereocenters. The lowest BCUT2D eigenvalue weighted by Crippen LogP contribution is -2.10. The standard InChI is InChI=1S/C12H13IN4O/c1-2-10-15-11(17-14)7-12(16-10)18-9-6-4-3-5-8(9)13/h3-7H,2,14H2,1H3,(H,15,16,17). The zero-order valence-electron chi connectivity index (χ0n) is 9.85. The lowest BCUT2D eigenvalue weighted by Gasteiger charge is -2.09. The minimum Gasteiger partial charge on any atom is -0.438 e. The van der Waals surface area contributed by atoms with Gasteiger partial charge in [0.15, 0.2) is 0 Å². The van der Waals surface area contributed by atoms with Gasteiger partial charge in [0.25, 0.3) is 0 Å². The van der Waals surface area contributed by atoms with Crippen molar-refractivity contribution >= 4 is 28.4 Å². The number of aryl methyl sites for hydroxylation is 1. The number of benzene rings is 1. The van der Waals surface area contributed by atoms with E-state index in [1.54, 1.807) is 6.07 Å². The van der Waals surface area contributed by atoms with E-state index in [-0.39, 0.29) is 0 Å². The van der Waals surface area contributed by atoms with E-state index in [0.29, 0.717) is 17.5 Å². The number of halogens is 1. The predicted molar refractivity (Wildman–Crippen MR) is 78.5 cm³/mol. The first kappa shape index (κ1) is 13.0. The molecule has 5 nitrogen and oxygen atoms in total. The summed E-state index contributed by atoms with van der Waals surface area (Å²) in [6, 6.07) is 9.41. The highest BCUT2D eigenvalue weighted by atomic mass is 127. The van der Waals surface area contributed by atoms with Gasteiger partial charge in [-0.2, -0.15) is 4.98 Å². The van der Waals surface area contributed by atoms with Crippen LogP contribution >= 0.6 is 22.6 Å². The third kappa shape index (κ3) is 3.08. The molecule has 2 aromatic rings. The SMILES string of the molecule is CCc1nc(NN)cc(Oc2ccccc2I)n1. The van der Waals surface area contributed by atoms with Gasteiger partial charge in [0.1, 0.15) is 17.4 Å². The van der Waals surface area contributed by atoms with E-state index in [2.05, 4.69) is 38.0 Å². The Balaban J connectivity index is 2.31. The molecule has 0 spiro atoms. The van der Waals surface area contributed by atoms with E-state index in [0.717, 1.165) is 15.7 Å². The quantitative estimate of drug-likeness (QED) is 0.501. The number of anilines is 1. The number of nitrogens with two attached hydrogens (primary N) is 1. The number of nitrogen functional groups attached to an aromatic ring is 1. The maximum atomic E-state index is 5.74. The number of hydrazine groups is 1. The van der Waals surface area contributed by atoms with Gasteiger partial charge >= 0.3 is 0 Å². The van der Waals surface area contributed by atoms with Gasteiger partial charge in [-0.05, 0) is 34.7 Å². The number of para-hydroxylation sites is 1. The number of rotatable bonds is 4. The second-order valence-electron chi connectivity index (χ2n) is 3.54. The van der Waals surface area contributed by atoms with Crippen molar-refractivity contribution in [2.75, 3.05) is 5.43 Å². The second-order valence-corrected chi connectivity index (χ2v) is 4.70. The van der Waals surface area contributed by atoms with Gasteiger partial charge in [-0.3, -0.25) is 0 Å². The molecule has 0 saturated carbocycles. The fourth-order valence-electron chi connectivity index (χ4n) is 1.40. The number of hydrogen-bond donors (Lipinski definition) is 2. The molecule has 2 rings (SSSR count). The van der Waals surface area contributed by atoms with Crippen LogP contribution in [0.15, 0.2) is 30.3 Å². The van der Waals surface area contributed by atoms with Crippen LogP contribution in [-0.2, 0) is 6.42 Å². The molecule has 0 radical (unpaired) electrons. The van der Waals surface area contributed by atoms with Crippen LogP contribution in [-0.4, -0.2) is 9.97 Å². The summed E-state index contributed by atoms with van der Waals surface area (Å²) in [5.41, 5.74) is 2.51. The van der Waals surface area contributed by atoms with Crippen molar-refractivity contribution in [3.8, 4) is 11.6 Å². The van der Waals surface area contributed by atoms with E-state index < -0.39 is 0 Å². The highest BCUT2D eigenvalue weighted by Gasteiger charge is 2.06. The highest BCUT2D eigenvalue weighted by Crippen LogP contribution is 2.26. The summed E-state index contributed by atoms with van der Waals surface area (Å²) in [7, 11) is 0. The zero-order chi connectivity index (χ0) is 13.0. The molecule has 18 heavy (non-hydrogen) atoms. The zero-order valence-corrected chi connectivity index (χ0v) is 12.0. The van der Waals surface area contributed by atoms with Crippen LogP contribution in [0, 0.1) is 3.57 Å². The third-order valence-corrected chi connectivity index (χ3v) is 3.16. The summed E-state index contributed by atoms with van der Waals surface area (Å²) in [6.45, 7) is 1.98.